The molecule has 0 aliphatic carbocycles. The molecule has 0 aliphatic rings. The monoisotopic (exact) mass is 219 g/mol. The zero-order valence-electron chi connectivity index (χ0n) is 8.60. The minimum atomic E-state index is 0.829. The van der Waals surface area contributed by atoms with Crippen LogP contribution in [0.15, 0.2) is 35.5 Å². The summed E-state index contributed by atoms with van der Waals surface area (Å²) in [4.78, 5) is 4.41. The molecule has 0 aliphatic heterocycles. The van der Waals surface area contributed by atoms with Crippen LogP contribution in [0.4, 0.5) is 0 Å². The van der Waals surface area contributed by atoms with Gasteiger partial charge in [-0.25, -0.2) is 4.98 Å². The van der Waals surface area contributed by atoms with Gasteiger partial charge in [0.1, 0.15) is 0 Å². The Bertz CT molecular complexity index is 411. The smallest absolute Gasteiger partial charge is 0.208 e. The predicted octanol–water partition coefficient (Wildman–Crippen LogP) is 2.97. The van der Waals surface area contributed by atoms with E-state index < -0.39 is 0 Å². The van der Waals surface area contributed by atoms with E-state index in [9.17, 15) is 0 Å². The van der Waals surface area contributed by atoms with Crippen LogP contribution in [0.5, 0.6) is 0 Å². The standard InChI is InChI=1S/C11H13N3S/c1-2-8-15-11-12-10(13-14-11)9-6-4-3-5-7-9/h3-7H,2,8H2,1H3,(H,12,13,14). The Morgan fingerprint density at radius 3 is 2.80 bits per heavy atom. The second-order valence-corrected chi connectivity index (χ2v) is 4.24. The minimum absolute atomic E-state index is 0.829. The van der Waals surface area contributed by atoms with E-state index in [0.717, 1.165) is 28.7 Å². The normalized spacial score (nSPS) is 10.5. The van der Waals surface area contributed by atoms with Crippen LogP contribution in [0.1, 0.15) is 13.3 Å². The number of aromatic amines is 1. The van der Waals surface area contributed by atoms with E-state index in [1.807, 2.05) is 30.3 Å². The molecule has 0 saturated carbocycles. The van der Waals surface area contributed by atoms with Gasteiger partial charge in [0.05, 0.1) is 0 Å². The van der Waals surface area contributed by atoms with E-state index in [-0.39, 0.29) is 0 Å². The molecule has 15 heavy (non-hydrogen) atoms. The lowest BCUT2D eigenvalue weighted by atomic mass is 10.2. The Kier molecular flexibility index (Phi) is 3.40. The van der Waals surface area contributed by atoms with E-state index >= 15 is 0 Å². The molecule has 0 amide bonds. The van der Waals surface area contributed by atoms with E-state index in [1.165, 1.54) is 0 Å². The van der Waals surface area contributed by atoms with Gasteiger partial charge in [-0.1, -0.05) is 49.0 Å². The van der Waals surface area contributed by atoms with Gasteiger partial charge in [0.25, 0.3) is 0 Å². The highest BCUT2D eigenvalue weighted by atomic mass is 32.2. The lowest BCUT2D eigenvalue weighted by Crippen LogP contribution is -1.79. The van der Waals surface area contributed by atoms with Crippen LogP contribution >= 0.6 is 11.8 Å². The average Bonchev–Trinajstić information content (AvgIpc) is 2.76. The van der Waals surface area contributed by atoms with Crippen LogP contribution in [0.3, 0.4) is 0 Å². The van der Waals surface area contributed by atoms with Crippen LogP contribution in [-0.2, 0) is 0 Å². The summed E-state index contributed by atoms with van der Waals surface area (Å²) in [7, 11) is 0. The zero-order valence-corrected chi connectivity index (χ0v) is 9.42. The molecule has 2 aromatic rings. The second-order valence-electron chi connectivity index (χ2n) is 3.18. The molecule has 1 aromatic heterocycles. The molecule has 78 valence electrons. The number of nitrogens with one attached hydrogen (secondary N) is 1. The Morgan fingerprint density at radius 2 is 2.07 bits per heavy atom. The molecule has 0 radical (unpaired) electrons. The fourth-order valence-electron chi connectivity index (χ4n) is 1.23. The second kappa shape index (κ2) is 4.98. The maximum Gasteiger partial charge on any atom is 0.208 e. The summed E-state index contributed by atoms with van der Waals surface area (Å²) in [5.74, 6) is 1.90. The molecule has 0 spiro atoms. The Balaban J connectivity index is 2.14. The molecular weight excluding hydrogens is 206 g/mol. The number of H-pyrrole nitrogens is 1. The third-order valence-electron chi connectivity index (χ3n) is 1.95. The first-order chi connectivity index (χ1) is 7.40. The van der Waals surface area contributed by atoms with Crippen LogP contribution in [0.2, 0.25) is 0 Å². The summed E-state index contributed by atoms with van der Waals surface area (Å²) in [6.45, 7) is 2.15. The highest BCUT2D eigenvalue weighted by Crippen LogP contribution is 2.18. The molecule has 0 saturated heterocycles. The Labute approximate surface area is 93.3 Å². The van der Waals surface area contributed by atoms with Gasteiger partial charge in [-0.2, -0.15) is 0 Å². The Morgan fingerprint density at radius 1 is 1.27 bits per heavy atom. The third-order valence-corrected chi connectivity index (χ3v) is 3.00. The van der Waals surface area contributed by atoms with Crippen LogP contribution in [0, 0.1) is 0 Å². The largest absolute Gasteiger partial charge is 0.258 e. The number of hydrogen-bond donors (Lipinski definition) is 1. The SMILES string of the molecule is CCCSc1n[nH]c(-c2ccccc2)n1. The highest BCUT2D eigenvalue weighted by Gasteiger charge is 2.04. The van der Waals surface area contributed by atoms with Crippen molar-refractivity contribution >= 4 is 11.8 Å². The van der Waals surface area contributed by atoms with Crippen molar-refractivity contribution in [3.8, 4) is 11.4 Å². The van der Waals surface area contributed by atoms with Crippen molar-refractivity contribution in [2.45, 2.75) is 18.5 Å². The molecule has 0 bridgehead atoms. The van der Waals surface area contributed by atoms with Crippen LogP contribution < -0.4 is 0 Å². The fraction of sp³-hybridized carbons (Fsp3) is 0.273. The topological polar surface area (TPSA) is 41.6 Å². The summed E-state index contributed by atoms with van der Waals surface area (Å²) >= 11 is 1.68. The molecular formula is C11H13N3S. The number of aromatic nitrogens is 3. The lowest BCUT2D eigenvalue weighted by Gasteiger charge is -1.92. The molecule has 0 fully saturated rings. The molecule has 1 heterocycles. The quantitative estimate of drug-likeness (QED) is 0.804. The molecule has 1 aromatic carbocycles. The number of benzene rings is 1. The van der Waals surface area contributed by atoms with E-state index in [1.54, 1.807) is 11.8 Å². The van der Waals surface area contributed by atoms with Crippen LogP contribution in [-0.4, -0.2) is 20.9 Å². The molecule has 1 N–H and O–H groups in total. The lowest BCUT2D eigenvalue weighted by molar-refractivity contribution is 0.968. The van der Waals surface area contributed by atoms with Gasteiger partial charge < -0.3 is 0 Å². The first-order valence-corrected chi connectivity index (χ1v) is 5.99. The molecule has 0 atom stereocenters. The van der Waals surface area contributed by atoms with Crippen molar-refractivity contribution < 1.29 is 0 Å². The summed E-state index contributed by atoms with van der Waals surface area (Å²) in [6, 6.07) is 10.0. The van der Waals surface area contributed by atoms with Gasteiger partial charge in [-0.05, 0) is 6.42 Å². The maximum atomic E-state index is 4.41. The first-order valence-electron chi connectivity index (χ1n) is 5.01. The Hall–Kier alpha value is -1.29. The number of rotatable bonds is 4. The summed E-state index contributed by atoms with van der Waals surface area (Å²) in [5, 5.41) is 7.94. The van der Waals surface area contributed by atoms with E-state index in [0.29, 0.717) is 0 Å². The predicted molar refractivity (Wildman–Crippen MR) is 62.8 cm³/mol. The van der Waals surface area contributed by atoms with Gasteiger partial charge in [-0.15, -0.1) is 5.10 Å². The maximum absolute atomic E-state index is 4.41. The van der Waals surface area contributed by atoms with Crippen molar-refractivity contribution in [1.29, 1.82) is 0 Å². The highest BCUT2D eigenvalue weighted by molar-refractivity contribution is 7.99. The van der Waals surface area contributed by atoms with Crippen molar-refractivity contribution in [3.63, 3.8) is 0 Å². The van der Waals surface area contributed by atoms with Gasteiger partial charge in [-0.3, -0.25) is 5.10 Å². The van der Waals surface area contributed by atoms with Gasteiger partial charge in [0.15, 0.2) is 5.82 Å². The fourth-order valence-corrected chi connectivity index (χ4v) is 1.88. The summed E-state index contributed by atoms with van der Waals surface area (Å²) in [6.07, 6.45) is 1.14. The number of nitrogens with zero attached hydrogens (tertiary/aromatic N) is 2. The van der Waals surface area contributed by atoms with Crippen LogP contribution in [0.25, 0.3) is 11.4 Å². The van der Waals surface area contributed by atoms with E-state index in [2.05, 4.69) is 22.1 Å². The molecule has 2 rings (SSSR count). The van der Waals surface area contributed by atoms with Gasteiger partial charge >= 0.3 is 0 Å². The van der Waals surface area contributed by atoms with Crippen molar-refractivity contribution in [1.82, 2.24) is 15.2 Å². The molecule has 3 nitrogen and oxygen atoms in total. The molecule has 4 heteroatoms. The minimum Gasteiger partial charge on any atom is -0.258 e. The van der Waals surface area contributed by atoms with E-state index in [4.69, 9.17) is 0 Å². The summed E-state index contributed by atoms with van der Waals surface area (Å²) < 4.78 is 0. The first kappa shape index (κ1) is 10.2. The van der Waals surface area contributed by atoms with Gasteiger partial charge in [0.2, 0.25) is 5.16 Å². The number of thioether (sulfide) groups is 1. The van der Waals surface area contributed by atoms with Crippen molar-refractivity contribution in [2.75, 3.05) is 5.75 Å². The number of hydrogen-bond acceptors (Lipinski definition) is 3. The zero-order chi connectivity index (χ0) is 10.5. The average molecular weight is 219 g/mol. The molecule has 0 unspecified atom stereocenters. The van der Waals surface area contributed by atoms with Crippen molar-refractivity contribution in [2.24, 2.45) is 0 Å². The summed E-state index contributed by atoms with van der Waals surface area (Å²) in [5.41, 5.74) is 1.08. The third kappa shape index (κ3) is 2.59. The van der Waals surface area contributed by atoms with Crippen molar-refractivity contribution in [3.05, 3.63) is 30.3 Å². The van der Waals surface area contributed by atoms with Gasteiger partial charge in [0, 0.05) is 11.3 Å².